The Kier molecular flexibility index (Phi) is 5.08. The highest BCUT2D eigenvalue weighted by atomic mass is 35.5. The van der Waals surface area contributed by atoms with Crippen molar-refractivity contribution >= 4 is 49.9 Å². The largest absolute Gasteiger partial charge is 0.352 e. The molecule has 1 amide bonds. The highest BCUT2D eigenvalue weighted by molar-refractivity contribution is 7.22. The molecule has 0 aliphatic carbocycles. The van der Waals surface area contributed by atoms with E-state index in [4.69, 9.17) is 11.6 Å². The number of thiazole rings is 1. The molecule has 1 heterocycles. The smallest absolute Gasteiger partial charge is 0.259 e. The zero-order valence-electron chi connectivity index (χ0n) is 12.9. The number of nitrogens with one attached hydrogen (secondary N) is 2. The number of aromatic nitrogens is 1. The van der Waals surface area contributed by atoms with E-state index in [-0.39, 0.29) is 12.5 Å². The highest BCUT2D eigenvalue weighted by Crippen LogP contribution is 2.24. The lowest BCUT2D eigenvalue weighted by Crippen LogP contribution is -2.26. The second-order valence-electron chi connectivity index (χ2n) is 5.08. The molecular formula is C17H15ClN4OS. The summed E-state index contributed by atoms with van der Waals surface area (Å²) >= 11 is 7.36. The first-order chi connectivity index (χ1) is 11.6. The van der Waals surface area contributed by atoms with E-state index in [0.29, 0.717) is 15.9 Å². The Bertz CT molecular complexity index is 856. The summed E-state index contributed by atoms with van der Waals surface area (Å²) in [6.45, 7) is 1.93. The fourth-order valence-electron chi connectivity index (χ4n) is 2.05. The van der Waals surface area contributed by atoms with E-state index in [0.717, 1.165) is 15.8 Å². The maximum Gasteiger partial charge on any atom is 0.259 e. The predicted octanol–water partition coefficient (Wildman–Crippen LogP) is 3.90. The molecule has 0 saturated heterocycles. The molecule has 1 aromatic heterocycles. The summed E-state index contributed by atoms with van der Waals surface area (Å²) in [6, 6.07) is 15.1. The number of hydrazone groups is 1. The van der Waals surface area contributed by atoms with E-state index < -0.39 is 0 Å². The molecule has 7 heteroatoms. The maximum atomic E-state index is 11.9. The number of amides is 1. The number of hydrogen-bond donors (Lipinski definition) is 2. The zero-order valence-corrected chi connectivity index (χ0v) is 14.5. The van der Waals surface area contributed by atoms with Gasteiger partial charge in [-0.05, 0) is 36.8 Å². The van der Waals surface area contributed by atoms with Crippen LogP contribution in [-0.2, 0) is 4.79 Å². The van der Waals surface area contributed by atoms with Crippen molar-refractivity contribution in [3.63, 3.8) is 0 Å². The van der Waals surface area contributed by atoms with Gasteiger partial charge in [0.2, 0.25) is 0 Å². The highest BCUT2D eigenvalue weighted by Gasteiger charge is 2.05. The van der Waals surface area contributed by atoms with Crippen molar-refractivity contribution < 1.29 is 4.79 Å². The summed E-state index contributed by atoms with van der Waals surface area (Å²) in [7, 11) is 0. The number of rotatable bonds is 5. The standard InChI is InChI=1S/C17H15ClN4OS/c1-11(12-6-8-13(18)9-7-12)21-22-16(23)10-19-17-20-14-4-2-3-5-15(14)24-17/h2-9H,10H2,1H3,(H,19,20)(H,22,23)/b21-11-. The average Bonchev–Trinajstić information content (AvgIpc) is 3.01. The predicted molar refractivity (Wildman–Crippen MR) is 99.9 cm³/mol. The topological polar surface area (TPSA) is 66.4 Å². The molecule has 0 aliphatic rings. The number of nitrogens with zero attached hydrogens (tertiary/aromatic N) is 2. The molecule has 2 aromatic carbocycles. The summed E-state index contributed by atoms with van der Waals surface area (Å²) in [6.07, 6.45) is 0. The van der Waals surface area contributed by atoms with E-state index in [1.807, 2.05) is 43.3 Å². The van der Waals surface area contributed by atoms with Crippen molar-refractivity contribution in [2.75, 3.05) is 11.9 Å². The van der Waals surface area contributed by atoms with Gasteiger partial charge in [-0.1, -0.05) is 47.2 Å². The second-order valence-corrected chi connectivity index (χ2v) is 6.55. The quantitative estimate of drug-likeness (QED) is 0.537. The summed E-state index contributed by atoms with van der Waals surface area (Å²) in [5.41, 5.74) is 5.06. The van der Waals surface area contributed by atoms with E-state index in [1.165, 1.54) is 11.3 Å². The Morgan fingerprint density at radius 3 is 2.71 bits per heavy atom. The van der Waals surface area contributed by atoms with Crippen LogP contribution in [0.1, 0.15) is 12.5 Å². The van der Waals surface area contributed by atoms with Crippen LogP contribution in [0.2, 0.25) is 5.02 Å². The van der Waals surface area contributed by atoms with Crippen molar-refractivity contribution in [1.82, 2.24) is 10.4 Å². The summed E-state index contributed by atoms with van der Waals surface area (Å²) in [5, 5.41) is 8.48. The van der Waals surface area contributed by atoms with Crippen molar-refractivity contribution in [2.45, 2.75) is 6.92 Å². The molecule has 3 aromatic rings. The number of anilines is 1. The third-order valence-electron chi connectivity index (χ3n) is 3.30. The molecule has 0 spiro atoms. The van der Waals surface area contributed by atoms with Crippen LogP contribution in [0.3, 0.4) is 0 Å². The van der Waals surface area contributed by atoms with Gasteiger partial charge in [0.15, 0.2) is 5.13 Å². The third kappa shape index (κ3) is 4.10. The first-order valence-electron chi connectivity index (χ1n) is 7.30. The summed E-state index contributed by atoms with van der Waals surface area (Å²) < 4.78 is 1.08. The number of fused-ring (bicyclic) bond motifs is 1. The molecule has 0 saturated carbocycles. The molecule has 0 fully saturated rings. The molecule has 0 unspecified atom stereocenters. The SMILES string of the molecule is C/C(=N/NC(=O)CNc1nc2ccccc2s1)c1ccc(Cl)cc1. The summed E-state index contributed by atoms with van der Waals surface area (Å²) in [4.78, 5) is 16.3. The van der Waals surface area contributed by atoms with Gasteiger partial charge in [0.1, 0.15) is 0 Å². The number of hydrogen-bond acceptors (Lipinski definition) is 5. The molecule has 122 valence electrons. The Morgan fingerprint density at radius 1 is 1.21 bits per heavy atom. The molecule has 0 atom stereocenters. The molecule has 0 radical (unpaired) electrons. The first kappa shape index (κ1) is 16.4. The van der Waals surface area contributed by atoms with E-state index in [9.17, 15) is 4.79 Å². The number of benzene rings is 2. The molecule has 24 heavy (non-hydrogen) atoms. The molecule has 5 nitrogen and oxygen atoms in total. The van der Waals surface area contributed by atoms with Crippen LogP contribution >= 0.6 is 22.9 Å². The van der Waals surface area contributed by atoms with Crippen molar-refractivity contribution in [2.24, 2.45) is 5.10 Å². The van der Waals surface area contributed by atoms with Gasteiger partial charge in [0.05, 0.1) is 22.5 Å². The average molecular weight is 359 g/mol. The lowest BCUT2D eigenvalue weighted by molar-refractivity contribution is -0.119. The Labute approximate surface area is 148 Å². The van der Waals surface area contributed by atoms with Crippen LogP contribution < -0.4 is 10.7 Å². The number of halogens is 1. The van der Waals surface area contributed by atoms with Gasteiger partial charge < -0.3 is 5.32 Å². The number of carbonyl (C=O) groups excluding carboxylic acids is 1. The Balaban J connectivity index is 1.55. The van der Waals surface area contributed by atoms with Crippen LogP contribution in [0.5, 0.6) is 0 Å². The van der Waals surface area contributed by atoms with E-state index in [2.05, 4.69) is 20.8 Å². The van der Waals surface area contributed by atoms with Gasteiger partial charge in [0, 0.05) is 5.02 Å². The van der Waals surface area contributed by atoms with E-state index in [1.54, 1.807) is 12.1 Å². The van der Waals surface area contributed by atoms with Crippen molar-refractivity contribution in [3.05, 3.63) is 59.1 Å². The van der Waals surface area contributed by atoms with Gasteiger partial charge in [-0.3, -0.25) is 4.79 Å². The molecule has 3 rings (SSSR count). The van der Waals surface area contributed by atoms with Crippen LogP contribution in [0, 0.1) is 0 Å². The van der Waals surface area contributed by atoms with Crippen LogP contribution in [-0.4, -0.2) is 23.1 Å². The molecule has 0 bridgehead atoms. The van der Waals surface area contributed by atoms with Gasteiger partial charge in [0.25, 0.3) is 5.91 Å². The van der Waals surface area contributed by atoms with Gasteiger partial charge in [-0.15, -0.1) is 0 Å². The van der Waals surface area contributed by atoms with Crippen LogP contribution in [0.4, 0.5) is 5.13 Å². The number of carbonyl (C=O) groups is 1. The minimum absolute atomic E-state index is 0.108. The van der Waals surface area contributed by atoms with Crippen molar-refractivity contribution in [3.8, 4) is 0 Å². The fourth-order valence-corrected chi connectivity index (χ4v) is 3.03. The monoisotopic (exact) mass is 358 g/mol. The lowest BCUT2D eigenvalue weighted by atomic mass is 10.1. The van der Waals surface area contributed by atoms with Crippen molar-refractivity contribution in [1.29, 1.82) is 0 Å². The summed E-state index contributed by atoms with van der Waals surface area (Å²) in [5.74, 6) is -0.234. The van der Waals surface area contributed by atoms with Crippen LogP contribution in [0.15, 0.2) is 53.6 Å². The van der Waals surface area contributed by atoms with Gasteiger partial charge in [-0.25, -0.2) is 10.4 Å². The normalized spacial score (nSPS) is 11.5. The van der Waals surface area contributed by atoms with Crippen LogP contribution in [0.25, 0.3) is 10.2 Å². The third-order valence-corrected chi connectivity index (χ3v) is 4.55. The number of para-hydroxylation sites is 1. The molecule has 0 aliphatic heterocycles. The Morgan fingerprint density at radius 2 is 1.96 bits per heavy atom. The fraction of sp³-hybridized carbons (Fsp3) is 0.118. The Hall–Kier alpha value is -2.44. The minimum atomic E-state index is -0.234. The second kappa shape index (κ2) is 7.42. The molecule has 2 N–H and O–H groups in total. The zero-order chi connectivity index (χ0) is 16.9. The van der Waals surface area contributed by atoms with E-state index >= 15 is 0 Å². The van der Waals surface area contributed by atoms with Gasteiger partial charge >= 0.3 is 0 Å². The maximum absolute atomic E-state index is 11.9. The minimum Gasteiger partial charge on any atom is -0.352 e. The first-order valence-corrected chi connectivity index (χ1v) is 8.50. The lowest BCUT2D eigenvalue weighted by Gasteiger charge is -2.04. The molecular weight excluding hydrogens is 344 g/mol. The van der Waals surface area contributed by atoms with Gasteiger partial charge in [-0.2, -0.15) is 5.10 Å².